The van der Waals surface area contributed by atoms with Crippen molar-refractivity contribution < 1.29 is 9.53 Å². The quantitative estimate of drug-likeness (QED) is 0.386. The van der Waals surface area contributed by atoms with Crippen LogP contribution in [0.1, 0.15) is 25.1 Å². The monoisotopic (exact) mass is 411 g/mol. The molecule has 0 radical (unpaired) electrons. The van der Waals surface area contributed by atoms with Gasteiger partial charge in [-0.3, -0.25) is 0 Å². The van der Waals surface area contributed by atoms with Gasteiger partial charge in [0.25, 0.3) is 0 Å². The number of ether oxygens (including phenoxy) is 1. The highest BCUT2D eigenvalue weighted by Gasteiger charge is 2.09. The van der Waals surface area contributed by atoms with E-state index in [1.165, 1.54) is 11.6 Å². The normalized spacial score (nSPS) is 11.5. The van der Waals surface area contributed by atoms with E-state index in [4.69, 9.17) is 4.74 Å². The second kappa shape index (κ2) is 8.37. The Morgan fingerprint density at radius 1 is 1.15 bits per heavy atom. The van der Waals surface area contributed by atoms with Crippen LogP contribution in [0.2, 0.25) is 0 Å². The molecule has 0 unspecified atom stereocenters. The SMILES string of the molecule is CC(C)COC(=O)/C=C/c1cc2ccccc2n1Cc1ccccc1Br. The molecular formula is C22H22BrNO2. The minimum absolute atomic E-state index is 0.309. The maximum Gasteiger partial charge on any atom is 0.330 e. The zero-order valence-electron chi connectivity index (χ0n) is 15.0. The molecule has 0 saturated heterocycles. The zero-order chi connectivity index (χ0) is 18.5. The maximum atomic E-state index is 11.9. The van der Waals surface area contributed by atoms with Crippen LogP contribution in [0, 0.1) is 5.92 Å². The molecule has 0 bridgehead atoms. The standard InChI is InChI=1S/C22H22BrNO2/c1-16(2)15-26-22(25)12-11-19-13-17-7-4-6-10-21(17)24(19)14-18-8-3-5-9-20(18)23/h3-13,16H,14-15H2,1-2H3/b12-11+. The van der Waals surface area contributed by atoms with Crippen LogP contribution in [0.5, 0.6) is 0 Å². The Bertz CT molecular complexity index is 940. The molecule has 1 heterocycles. The fourth-order valence-electron chi connectivity index (χ4n) is 2.79. The van der Waals surface area contributed by atoms with Crippen molar-refractivity contribution >= 4 is 38.9 Å². The molecule has 0 amide bonds. The number of hydrogen-bond acceptors (Lipinski definition) is 2. The summed E-state index contributed by atoms with van der Waals surface area (Å²) in [5.41, 5.74) is 3.30. The molecule has 0 saturated carbocycles. The lowest BCUT2D eigenvalue weighted by Gasteiger charge is -2.10. The molecule has 134 valence electrons. The van der Waals surface area contributed by atoms with E-state index in [1.807, 2.05) is 50.3 Å². The van der Waals surface area contributed by atoms with Crippen LogP contribution in [-0.2, 0) is 16.1 Å². The Balaban J connectivity index is 1.92. The first kappa shape index (κ1) is 18.5. The highest BCUT2D eigenvalue weighted by molar-refractivity contribution is 9.10. The van der Waals surface area contributed by atoms with Crippen molar-refractivity contribution in [1.82, 2.24) is 4.57 Å². The third-order valence-corrected chi connectivity index (χ3v) is 4.85. The average Bonchev–Trinajstić information content (AvgIpc) is 2.98. The number of nitrogens with zero attached hydrogens (tertiary/aromatic N) is 1. The lowest BCUT2D eigenvalue weighted by Crippen LogP contribution is -2.07. The number of fused-ring (bicyclic) bond motifs is 1. The molecule has 4 heteroatoms. The number of para-hydroxylation sites is 1. The van der Waals surface area contributed by atoms with Crippen LogP contribution < -0.4 is 0 Å². The summed E-state index contributed by atoms with van der Waals surface area (Å²) in [6, 6.07) is 18.5. The van der Waals surface area contributed by atoms with Gasteiger partial charge in [-0.25, -0.2) is 4.79 Å². The van der Waals surface area contributed by atoms with Crippen LogP contribution >= 0.6 is 15.9 Å². The molecule has 3 aromatic rings. The number of carbonyl (C=O) groups is 1. The molecule has 3 rings (SSSR count). The van der Waals surface area contributed by atoms with Gasteiger partial charge in [-0.05, 0) is 35.8 Å². The molecule has 0 spiro atoms. The van der Waals surface area contributed by atoms with Crippen LogP contribution in [-0.4, -0.2) is 17.1 Å². The Kier molecular flexibility index (Phi) is 5.94. The fourth-order valence-corrected chi connectivity index (χ4v) is 3.20. The summed E-state index contributed by atoms with van der Waals surface area (Å²) in [7, 11) is 0. The molecule has 0 aliphatic rings. The number of aromatic nitrogens is 1. The van der Waals surface area contributed by atoms with Crippen molar-refractivity contribution in [1.29, 1.82) is 0 Å². The van der Waals surface area contributed by atoms with Gasteiger partial charge in [-0.15, -0.1) is 0 Å². The van der Waals surface area contributed by atoms with E-state index in [1.54, 1.807) is 0 Å². The second-order valence-corrected chi connectivity index (χ2v) is 7.52. The number of benzene rings is 2. The van der Waals surface area contributed by atoms with Gasteiger partial charge in [0.15, 0.2) is 0 Å². The smallest absolute Gasteiger partial charge is 0.330 e. The summed E-state index contributed by atoms with van der Waals surface area (Å²) in [4.78, 5) is 11.9. The summed E-state index contributed by atoms with van der Waals surface area (Å²) < 4.78 is 8.52. The number of rotatable bonds is 6. The molecule has 0 fully saturated rings. The number of esters is 1. The average molecular weight is 412 g/mol. The molecule has 0 N–H and O–H groups in total. The zero-order valence-corrected chi connectivity index (χ0v) is 16.6. The maximum absolute atomic E-state index is 11.9. The van der Waals surface area contributed by atoms with E-state index in [9.17, 15) is 4.79 Å². The molecule has 0 aliphatic carbocycles. The van der Waals surface area contributed by atoms with Crippen LogP contribution in [0.25, 0.3) is 17.0 Å². The van der Waals surface area contributed by atoms with Gasteiger partial charge >= 0.3 is 5.97 Å². The predicted octanol–water partition coefficient (Wildman–Crippen LogP) is 5.66. The fraction of sp³-hybridized carbons (Fsp3) is 0.227. The first-order valence-electron chi connectivity index (χ1n) is 8.71. The van der Waals surface area contributed by atoms with Gasteiger partial charge < -0.3 is 9.30 Å². The van der Waals surface area contributed by atoms with Crippen LogP contribution in [0.3, 0.4) is 0 Å². The Morgan fingerprint density at radius 3 is 2.65 bits per heavy atom. The number of halogens is 1. The highest BCUT2D eigenvalue weighted by atomic mass is 79.9. The molecule has 3 nitrogen and oxygen atoms in total. The van der Waals surface area contributed by atoms with Crippen molar-refractivity contribution in [3.8, 4) is 0 Å². The molecule has 0 atom stereocenters. The second-order valence-electron chi connectivity index (χ2n) is 6.66. The Labute approximate surface area is 162 Å². The van der Waals surface area contributed by atoms with Crippen molar-refractivity contribution in [2.24, 2.45) is 5.92 Å². The summed E-state index contributed by atoms with van der Waals surface area (Å²) in [5.74, 6) is 0.0191. The lowest BCUT2D eigenvalue weighted by atomic mass is 10.2. The van der Waals surface area contributed by atoms with Crippen molar-refractivity contribution in [3.05, 3.63) is 76.4 Å². The van der Waals surface area contributed by atoms with Crippen LogP contribution in [0.15, 0.2) is 65.1 Å². The lowest BCUT2D eigenvalue weighted by molar-refractivity contribution is -0.138. The summed E-state index contributed by atoms with van der Waals surface area (Å²) in [6.45, 7) is 5.19. The van der Waals surface area contributed by atoms with E-state index < -0.39 is 0 Å². The largest absolute Gasteiger partial charge is 0.462 e. The van der Waals surface area contributed by atoms with Crippen molar-refractivity contribution in [2.75, 3.05) is 6.61 Å². The highest BCUT2D eigenvalue weighted by Crippen LogP contribution is 2.25. The third-order valence-electron chi connectivity index (χ3n) is 4.08. The third kappa shape index (κ3) is 4.44. The van der Waals surface area contributed by atoms with E-state index >= 15 is 0 Å². The number of carbonyl (C=O) groups excluding carboxylic acids is 1. The Morgan fingerprint density at radius 2 is 1.88 bits per heavy atom. The predicted molar refractivity (Wildman–Crippen MR) is 110 cm³/mol. The minimum Gasteiger partial charge on any atom is -0.462 e. The molecule has 0 aliphatic heterocycles. The topological polar surface area (TPSA) is 31.2 Å². The van der Waals surface area contributed by atoms with E-state index in [0.29, 0.717) is 12.5 Å². The van der Waals surface area contributed by atoms with Gasteiger partial charge in [0, 0.05) is 33.7 Å². The summed E-state index contributed by atoms with van der Waals surface area (Å²) in [6.07, 6.45) is 3.34. The van der Waals surface area contributed by atoms with E-state index in [0.717, 1.165) is 27.6 Å². The van der Waals surface area contributed by atoms with E-state index in [-0.39, 0.29) is 5.97 Å². The molecule has 2 aromatic carbocycles. The van der Waals surface area contributed by atoms with Gasteiger partial charge in [0.2, 0.25) is 0 Å². The Hall–Kier alpha value is -2.33. The van der Waals surface area contributed by atoms with Crippen molar-refractivity contribution in [2.45, 2.75) is 20.4 Å². The molecular weight excluding hydrogens is 390 g/mol. The van der Waals surface area contributed by atoms with Gasteiger partial charge in [-0.2, -0.15) is 0 Å². The number of hydrogen-bond donors (Lipinski definition) is 0. The first-order valence-corrected chi connectivity index (χ1v) is 9.50. The minimum atomic E-state index is -0.309. The van der Waals surface area contributed by atoms with E-state index in [2.05, 4.69) is 44.8 Å². The van der Waals surface area contributed by atoms with Gasteiger partial charge in [-0.1, -0.05) is 66.2 Å². The van der Waals surface area contributed by atoms with Gasteiger partial charge in [0.1, 0.15) is 0 Å². The summed E-state index contributed by atoms with van der Waals surface area (Å²) in [5, 5.41) is 1.15. The summed E-state index contributed by atoms with van der Waals surface area (Å²) >= 11 is 3.62. The van der Waals surface area contributed by atoms with Crippen LogP contribution in [0.4, 0.5) is 0 Å². The molecule has 1 aromatic heterocycles. The van der Waals surface area contributed by atoms with Crippen molar-refractivity contribution in [3.63, 3.8) is 0 Å². The van der Waals surface area contributed by atoms with Gasteiger partial charge in [0.05, 0.1) is 6.61 Å². The first-order chi connectivity index (χ1) is 12.5. The molecule has 26 heavy (non-hydrogen) atoms.